The standard InChI is InChI=1S/C14H26O4S/c1-3-5-7-9-17-13(19)11-12(15)14(16)18-10-8-6-4-2/h12,15H,3-11H2,1-2H3. The van der Waals surface area contributed by atoms with Crippen LogP contribution in [0.3, 0.4) is 0 Å². The molecule has 0 bridgehead atoms. The Kier molecular flexibility index (Phi) is 11.9. The first-order chi connectivity index (χ1) is 9.11. The fourth-order valence-corrected chi connectivity index (χ4v) is 1.70. The van der Waals surface area contributed by atoms with Crippen LogP contribution in [-0.4, -0.2) is 35.4 Å². The average Bonchev–Trinajstić information content (AvgIpc) is 2.39. The molecule has 112 valence electrons. The fourth-order valence-electron chi connectivity index (χ4n) is 1.46. The molecule has 1 atom stereocenters. The van der Waals surface area contributed by atoms with Crippen LogP contribution >= 0.6 is 12.2 Å². The Morgan fingerprint density at radius 1 is 1.05 bits per heavy atom. The van der Waals surface area contributed by atoms with Gasteiger partial charge >= 0.3 is 5.97 Å². The molecule has 0 fully saturated rings. The molecule has 0 aromatic carbocycles. The van der Waals surface area contributed by atoms with Gasteiger partial charge in [0.2, 0.25) is 0 Å². The number of ether oxygens (including phenoxy) is 2. The minimum Gasteiger partial charge on any atom is -0.487 e. The van der Waals surface area contributed by atoms with Crippen LogP contribution in [0.2, 0.25) is 0 Å². The Balaban J connectivity index is 3.66. The summed E-state index contributed by atoms with van der Waals surface area (Å²) in [4.78, 5) is 11.4. The molecular weight excluding hydrogens is 264 g/mol. The second kappa shape index (κ2) is 12.4. The number of rotatable bonds is 11. The maximum absolute atomic E-state index is 11.4. The Morgan fingerprint density at radius 2 is 1.58 bits per heavy atom. The maximum atomic E-state index is 11.4. The lowest BCUT2D eigenvalue weighted by Gasteiger charge is -2.12. The molecular formula is C14H26O4S. The largest absolute Gasteiger partial charge is 0.487 e. The predicted molar refractivity (Wildman–Crippen MR) is 79.2 cm³/mol. The Bertz CT molecular complexity index is 256. The number of carbonyl (C=O) groups excluding carboxylic acids is 1. The van der Waals surface area contributed by atoms with Crippen LogP contribution in [0.25, 0.3) is 0 Å². The van der Waals surface area contributed by atoms with Crippen LogP contribution in [0.1, 0.15) is 58.8 Å². The van der Waals surface area contributed by atoms with Crippen molar-refractivity contribution >= 4 is 23.2 Å². The van der Waals surface area contributed by atoms with Gasteiger partial charge in [-0.15, -0.1) is 0 Å². The van der Waals surface area contributed by atoms with Gasteiger partial charge in [-0.05, 0) is 25.1 Å². The first-order valence-electron chi connectivity index (χ1n) is 7.12. The molecule has 0 radical (unpaired) electrons. The topological polar surface area (TPSA) is 55.8 Å². The van der Waals surface area contributed by atoms with E-state index in [1.165, 1.54) is 0 Å². The molecule has 0 aromatic heterocycles. The van der Waals surface area contributed by atoms with Crippen LogP contribution in [0.15, 0.2) is 0 Å². The van der Waals surface area contributed by atoms with E-state index in [0.29, 0.717) is 13.2 Å². The molecule has 0 aliphatic heterocycles. The van der Waals surface area contributed by atoms with Gasteiger partial charge in [0.25, 0.3) is 0 Å². The maximum Gasteiger partial charge on any atom is 0.335 e. The van der Waals surface area contributed by atoms with Gasteiger partial charge in [0.1, 0.15) is 0 Å². The van der Waals surface area contributed by atoms with E-state index in [4.69, 9.17) is 21.7 Å². The van der Waals surface area contributed by atoms with Crippen molar-refractivity contribution in [1.82, 2.24) is 0 Å². The van der Waals surface area contributed by atoms with E-state index in [1.807, 2.05) is 0 Å². The van der Waals surface area contributed by atoms with Gasteiger partial charge in [0.05, 0.1) is 19.6 Å². The van der Waals surface area contributed by atoms with Crippen molar-refractivity contribution < 1.29 is 19.4 Å². The first-order valence-corrected chi connectivity index (χ1v) is 7.52. The number of carbonyl (C=O) groups is 1. The average molecular weight is 290 g/mol. The summed E-state index contributed by atoms with van der Waals surface area (Å²) < 4.78 is 10.2. The Hall–Kier alpha value is -0.680. The van der Waals surface area contributed by atoms with Crippen molar-refractivity contribution in [2.24, 2.45) is 0 Å². The van der Waals surface area contributed by atoms with E-state index < -0.39 is 12.1 Å². The minimum absolute atomic E-state index is 0.0358. The van der Waals surface area contributed by atoms with E-state index >= 15 is 0 Å². The summed E-state index contributed by atoms with van der Waals surface area (Å²) in [6, 6.07) is 0. The molecule has 0 aliphatic rings. The van der Waals surface area contributed by atoms with Crippen molar-refractivity contribution in [2.45, 2.75) is 64.9 Å². The molecule has 0 saturated carbocycles. The van der Waals surface area contributed by atoms with Crippen LogP contribution < -0.4 is 0 Å². The Labute approximate surface area is 121 Å². The molecule has 1 N–H and O–H groups in total. The normalized spacial score (nSPS) is 11.9. The van der Waals surface area contributed by atoms with Crippen molar-refractivity contribution in [3.63, 3.8) is 0 Å². The number of hydrogen-bond donors (Lipinski definition) is 1. The van der Waals surface area contributed by atoms with Crippen LogP contribution in [-0.2, 0) is 14.3 Å². The number of unbranched alkanes of at least 4 members (excludes halogenated alkanes) is 4. The number of esters is 1. The third kappa shape index (κ3) is 10.9. The van der Waals surface area contributed by atoms with Crippen LogP contribution in [0.5, 0.6) is 0 Å². The molecule has 0 amide bonds. The van der Waals surface area contributed by atoms with Crippen LogP contribution in [0, 0.1) is 0 Å². The highest BCUT2D eigenvalue weighted by atomic mass is 32.1. The minimum atomic E-state index is -1.21. The third-order valence-corrected chi connectivity index (χ3v) is 2.92. The molecule has 4 nitrogen and oxygen atoms in total. The SMILES string of the molecule is CCCCCOC(=O)C(O)CC(=S)OCCCCC. The fraction of sp³-hybridized carbons (Fsp3) is 0.857. The van der Waals surface area contributed by atoms with Gasteiger partial charge < -0.3 is 14.6 Å². The number of aliphatic hydroxyl groups is 1. The predicted octanol–water partition coefficient (Wildman–Crippen LogP) is 3.01. The summed E-state index contributed by atoms with van der Waals surface area (Å²) in [5.74, 6) is -0.615. The molecule has 5 heteroatoms. The van der Waals surface area contributed by atoms with E-state index in [9.17, 15) is 9.90 Å². The molecule has 1 unspecified atom stereocenters. The number of hydrogen-bond acceptors (Lipinski definition) is 5. The molecule has 0 heterocycles. The summed E-state index contributed by atoms with van der Waals surface area (Å²) >= 11 is 4.96. The molecule has 19 heavy (non-hydrogen) atoms. The molecule has 0 spiro atoms. The van der Waals surface area contributed by atoms with Crippen molar-refractivity contribution in [1.29, 1.82) is 0 Å². The second-order valence-corrected chi connectivity index (χ2v) is 4.98. The summed E-state index contributed by atoms with van der Waals surface area (Å²) in [5, 5.41) is 9.88. The number of aliphatic hydroxyl groups excluding tert-OH is 1. The van der Waals surface area contributed by atoms with E-state index in [2.05, 4.69) is 13.8 Å². The van der Waals surface area contributed by atoms with Crippen molar-refractivity contribution in [3.8, 4) is 0 Å². The number of thiocarbonyl (C=S) groups is 1. The summed E-state index contributed by atoms with van der Waals surface area (Å²) in [5.41, 5.74) is 0. The van der Waals surface area contributed by atoms with Gasteiger partial charge in [-0.1, -0.05) is 39.5 Å². The molecule has 0 aliphatic carbocycles. The quantitative estimate of drug-likeness (QED) is 0.360. The van der Waals surface area contributed by atoms with Gasteiger partial charge in [-0.2, -0.15) is 0 Å². The zero-order valence-corrected chi connectivity index (χ0v) is 12.8. The van der Waals surface area contributed by atoms with Crippen molar-refractivity contribution in [3.05, 3.63) is 0 Å². The van der Waals surface area contributed by atoms with E-state index in [0.717, 1.165) is 38.5 Å². The molecule has 0 saturated heterocycles. The lowest BCUT2D eigenvalue weighted by molar-refractivity contribution is -0.153. The second-order valence-electron chi connectivity index (χ2n) is 4.52. The summed E-state index contributed by atoms with van der Waals surface area (Å²) in [6.07, 6.45) is 4.88. The Morgan fingerprint density at radius 3 is 2.11 bits per heavy atom. The highest BCUT2D eigenvalue weighted by Gasteiger charge is 2.19. The smallest absolute Gasteiger partial charge is 0.335 e. The van der Waals surface area contributed by atoms with Gasteiger partial charge in [-0.25, -0.2) is 4.79 Å². The lowest BCUT2D eigenvalue weighted by Crippen LogP contribution is -2.26. The lowest BCUT2D eigenvalue weighted by atomic mass is 10.2. The zero-order valence-electron chi connectivity index (χ0n) is 12.0. The summed E-state index contributed by atoms with van der Waals surface area (Å²) in [7, 11) is 0. The van der Waals surface area contributed by atoms with Gasteiger partial charge in [0.15, 0.2) is 11.2 Å². The summed E-state index contributed by atoms with van der Waals surface area (Å²) in [6.45, 7) is 5.08. The zero-order chi connectivity index (χ0) is 14.5. The highest BCUT2D eigenvalue weighted by molar-refractivity contribution is 7.80. The third-order valence-electron chi connectivity index (χ3n) is 2.64. The van der Waals surface area contributed by atoms with Crippen LogP contribution in [0.4, 0.5) is 0 Å². The molecule has 0 aromatic rings. The highest BCUT2D eigenvalue weighted by Crippen LogP contribution is 2.03. The van der Waals surface area contributed by atoms with Gasteiger partial charge in [0, 0.05) is 0 Å². The van der Waals surface area contributed by atoms with E-state index in [1.54, 1.807) is 0 Å². The first kappa shape index (κ1) is 18.3. The molecule has 0 rings (SSSR count). The van der Waals surface area contributed by atoms with Gasteiger partial charge in [-0.3, -0.25) is 0 Å². The van der Waals surface area contributed by atoms with E-state index in [-0.39, 0.29) is 11.5 Å². The monoisotopic (exact) mass is 290 g/mol. The van der Waals surface area contributed by atoms with Crippen molar-refractivity contribution in [2.75, 3.05) is 13.2 Å².